The highest BCUT2D eigenvalue weighted by Crippen LogP contribution is 2.33. The Balaban J connectivity index is 1.65. The van der Waals surface area contributed by atoms with E-state index in [-0.39, 0.29) is 11.9 Å². The van der Waals surface area contributed by atoms with Crippen LogP contribution in [-0.2, 0) is 9.53 Å². The summed E-state index contributed by atoms with van der Waals surface area (Å²) in [6, 6.07) is 7.84. The number of nitrogens with zero attached hydrogens (tertiary/aromatic N) is 2. The number of thiazole rings is 1. The number of hydrogen-bond donors (Lipinski definition) is 1. The van der Waals surface area contributed by atoms with E-state index in [0.717, 1.165) is 47.2 Å². The molecule has 0 spiro atoms. The molecule has 2 aromatic rings. The zero-order chi connectivity index (χ0) is 16.2. The number of carbonyl (C=O) groups is 1. The lowest BCUT2D eigenvalue weighted by atomic mass is 9.97. The number of ether oxygens (including phenoxy) is 1. The Morgan fingerprint density at radius 3 is 2.91 bits per heavy atom. The number of aromatic nitrogens is 1. The van der Waals surface area contributed by atoms with Crippen molar-refractivity contribution in [1.82, 2.24) is 4.98 Å². The topological polar surface area (TPSA) is 68.5 Å². The van der Waals surface area contributed by atoms with Crippen molar-refractivity contribution in [2.24, 2.45) is 5.92 Å². The zero-order valence-electron chi connectivity index (χ0n) is 13.2. The summed E-state index contributed by atoms with van der Waals surface area (Å²) in [5.74, 6) is -0.0358. The van der Waals surface area contributed by atoms with Crippen molar-refractivity contribution >= 4 is 28.1 Å². The van der Waals surface area contributed by atoms with E-state index >= 15 is 0 Å². The molecule has 2 N–H and O–H groups in total. The van der Waals surface area contributed by atoms with Gasteiger partial charge in [0.05, 0.1) is 17.4 Å². The van der Waals surface area contributed by atoms with E-state index in [9.17, 15) is 4.79 Å². The van der Waals surface area contributed by atoms with Gasteiger partial charge in [-0.3, -0.25) is 4.79 Å². The largest absolute Gasteiger partial charge is 0.466 e. The van der Waals surface area contributed by atoms with Crippen LogP contribution in [0, 0.1) is 5.92 Å². The third-order valence-electron chi connectivity index (χ3n) is 4.05. The summed E-state index contributed by atoms with van der Waals surface area (Å²) < 4.78 is 5.11. The average molecular weight is 331 g/mol. The summed E-state index contributed by atoms with van der Waals surface area (Å²) in [5, 5.41) is 1.00. The van der Waals surface area contributed by atoms with Gasteiger partial charge in [0.25, 0.3) is 0 Å². The molecular weight excluding hydrogens is 310 g/mol. The number of carbonyl (C=O) groups excluding carboxylic acids is 1. The normalized spacial score (nSPS) is 15.6. The molecule has 1 aliphatic heterocycles. The molecule has 1 aromatic carbocycles. The summed E-state index contributed by atoms with van der Waals surface area (Å²) in [6.45, 7) is 3.98. The van der Waals surface area contributed by atoms with Crippen molar-refractivity contribution in [2.45, 2.75) is 19.8 Å². The summed E-state index contributed by atoms with van der Waals surface area (Å²) >= 11 is 1.66. The van der Waals surface area contributed by atoms with Gasteiger partial charge in [0.1, 0.15) is 0 Å². The molecule has 0 radical (unpaired) electrons. The van der Waals surface area contributed by atoms with Crippen molar-refractivity contribution < 1.29 is 9.53 Å². The maximum Gasteiger partial charge on any atom is 0.309 e. The molecule has 0 unspecified atom stereocenters. The molecule has 1 aromatic heterocycles. The van der Waals surface area contributed by atoms with Crippen molar-refractivity contribution in [2.75, 3.05) is 30.3 Å². The van der Waals surface area contributed by atoms with Crippen LogP contribution in [0.5, 0.6) is 0 Å². The van der Waals surface area contributed by atoms with Crippen molar-refractivity contribution in [3.63, 3.8) is 0 Å². The Kier molecular flexibility index (Phi) is 4.81. The predicted octanol–water partition coefficient (Wildman–Crippen LogP) is 3.17. The first-order valence-electron chi connectivity index (χ1n) is 7.90. The fourth-order valence-corrected chi connectivity index (χ4v) is 3.77. The van der Waals surface area contributed by atoms with Gasteiger partial charge in [0.15, 0.2) is 5.13 Å². The molecule has 1 saturated heterocycles. The quantitative estimate of drug-likeness (QED) is 0.688. The highest BCUT2D eigenvalue weighted by atomic mass is 32.1. The summed E-state index contributed by atoms with van der Waals surface area (Å²) in [6.07, 6.45) is 3.55. The van der Waals surface area contributed by atoms with Crippen molar-refractivity contribution in [3.8, 4) is 10.4 Å². The first kappa shape index (κ1) is 15.8. The van der Waals surface area contributed by atoms with E-state index in [1.54, 1.807) is 11.3 Å². The van der Waals surface area contributed by atoms with E-state index in [1.165, 1.54) is 0 Å². The summed E-state index contributed by atoms with van der Waals surface area (Å²) in [4.78, 5) is 19.7. The van der Waals surface area contributed by atoms with Gasteiger partial charge < -0.3 is 15.4 Å². The van der Waals surface area contributed by atoms with Gasteiger partial charge in [0.2, 0.25) is 0 Å². The van der Waals surface area contributed by atoms with Crippen LogP contribution < -0.4 is 10.6 Å². The Morgan fingerprint density at radius 2 is 2.22 bits per heavy atom. The molecule has 1 fully saturated rings. The molecule has 122 valence electrons. The number of esters is 1. The molecular formula is C17H21N3O2S. The molecule has 0 aliphatic carbocycles. The van der Waals surface area contributed by atoms with E-state index < -0.39 is 0 Å². The summed E-state index contributed by atoms with van der Waals surface area (Å²) in [7, 11) is 0. The first-order chi connectivity index (χ1) is 11.2. The molecule has 3 rings (SSSR count). The van der Waals surface area contributed by atoms with Crippen LogP contribution >= 0.6 is 11.3 Å². The second-order valence-corrected chi connectivity index (χ2v) is 6.66. The lowest BCUT2D eigenvalue weighted by Crippen LogP contribution is -2.36. The predicted molar refractivity (Wildman–Crippen MR) is 93.5 cm³/mol. The molecule has 0 saturated carbocycles. The highest BCUT2D eigenvalue weighted by Gasteiger charge is 2.27. The van der Waals surface area contributed by atoms with E-state index in [2.05, 4.69) is 9.88 Å². The molecule has 23 heavy (non-hydrogen) atoms. The minimum Gasteiger partial charge on any atom is -0.466 e. The van der Waals surface area contributed by atoms with Gasteiger partial charge in [-0.1, -0.05) is 23.5 Å². The SMILES string of the molecule is CCOC(=O)C1CCN(c2ncc(-c3cccc(N)c3)s2)CC1. The molecule has 0 bridgehead atoms. The number of anilines is 2. The van der Waals surface area contributed by atoms with Gasteiger partial charge in [-0.15, -0.1) is 0 Å². The van der Waals surface area contributed by atoms with Crippen LogP contribution in [0.25, 0.3) is 10.4 Å². The van der Waals surface area contributed by atoms with Crippen LogP contribution in [0.15, 0.2) is 30.5 Å². The molecule has 0 amide bonds. The number of piperidine rings is 1. The summed E-state index contributed by atoms with van der Waals surface area (Å²) in [5.41, 5.74) is 7.69. The van der Waals surface area contributed by atoms with E-state index in [4.69, 9.17) is 10.5 Å². The van der Waals surface area contributed by atoms with Crippen LogP contribution in [0.4, 0.5) is 10.8 Å². The maximum atomic E-state index is 11.8. The number of nitrogens with two attached hydrogens (primary N) is 1. The van der Waals surface area contributed by atoms with Gasteiger partial charge in [-0.2, -0.15) is 0 Å². The van der Waals surface area contributed by atoms with Crippen LogP contribution in [0.3, 0.4) is 0 Å². The van der Waals surface area contributed by atoms with Crippen molar-refractivity contribution in [3.05, 3.63) is 30.5 Å². The van der Waals surface area contributed by atoms with Crippen LogP contribution in [-0.4, -0.2) is 30.6 Å². The van der Waals surface area contributed by atoms with Crippen molar-refractivity contribution in [1.29, 1.82) is 0 Å². The van der Waals surface area contributed by atoms with Gasteiger partial charge in [-0.25, -0.2) is 4.98 Å². The number of nitrogen functional groups attached to an aromatic ring is 1. The first-order valence-corrected chi connectivity index (χ1v) is 8.72. The Bertz CT molecular complexity index is 678. The van der Waals surface area contributed by atoms with Crippen LogP contribution in [0.1, 0.15) is 19.8 Å². The van der Waals surface area contributed by atoms with Gasteiger partial charge in [-0.05, 0) is 37.5 Å². The second kappa shape index (κ2) is 7.00. The maximum absolute atomic E-state index is 11.8. The Labute approximate surface area is 140 Å². The highest BCUT2D eigenvalue weighted by molar-refractivity contribution is 7.18. The lowest BCUT2D eigenvalue weighted by Gasteiger charge is -2.30. The molecule has 6 heteroatoms. The number of rotatable bonds is 4. The third kappa shape index (κ3) is 3.64. The smallest absolute Gasteiger partial charge is 0.309 e. The lowest BCUT2D eigenvalue weighted by molar-refractivity contribution is -0.148. The fourth-order valence-electron chi connectivity index (χ4n) is 2.80. The van der Waals surface area contributed by atoms with Gasteiger partial charge >= 0.3 is 5.97 Å². The molecule has 5 nitrogen and oxygen atoms in total. The van der Waals surface area contributed by atoms with E-state index in [1.807, 2.05) is 37.4 Å². The van der Waals surface area contributed by atoms with Crippen LogP contribution in [0.2, 0.25) is 0 Å². The molecule has 1 aliphatic rings. The minimum atomic E-state index is -0.0632. The van der Waals surface area contributed by atoms with E-state index in [0.29, 0.717) is 6.61 Å². The number of hydrogen-bond acceptors (Lipinski definition) is 6. The fraction of sp³-hybridized carbons (Fsp3) is 0.412. The third-order valence-corrected chi connectivity index (χ3v) is 5.16. The zero-order valence-corrected chi connectivity index (χ0v) is 14.0. The number of benzene rings is 1. The van der Waals surface area contributed by atoms with Gasteiger partial charge in [0, 0.05) is 25.0 Å². The average Bonchev–Trinajstić information content (AvgIpc) is 3.05. The Hall–Kier alpha value is -2.08. The molecule has 2 heterocycles. The molecule has 0 atom stereocenters. The Morgan fingerprint density at radius 1 is 1.43 bits per heavy atom. The second-order valence-electron chi connectivity index (χ2n) is 5.65. The standard InChI is InChI=1S/C17H21N3O2S/c1-2-22-16(21)12-6-8-20(9-7-12)17-19-11-15(23-17)13-4-3-5-14(18)10-13/h3-5,10-12H,2,6-9,18H2,1H3. The monoisotopic (exact) mass is 331 g/mol. The minimum absolute atomic E-state index is 0.0274.